The average Bonchev–Trinajstić information content (AvgIpc) is 3.24. The molecule has 0 atom stereocenters. The second-order valence-electron chi connectivity index (χ2n) is 7.90. The van der Waals surface area contributed by atoms with E-state index in [0.717, 1.165) is 17.2 Å². The van der Waals surface area contributed by atoms with E-state index in [2.05, 4.69) is 20.8 Å². The number of carbonyl (C=O) groups excluding carboxylic acids is 1. The van der Waals surface area contributed by atoms with Crippen molar-refractivity contribution in [3.05, 3.63) is 99.3 Å². The van der Waals surface area contributed by atoms with Gasteiger partial charge in [0, 0.05) is 10.8 Å². The van der Waals surface area contributed by atoms with Gasteiger partial charge < -0.3 is 10.6 Å². The maximum Gasteiger partial charge on any atom is 0.418 e. The topological polar surface area (TPSA) is 71.8 Å². The zero-order valence-electron chi connectivity index (χ0n) is 19.3. The number of urea groups is 1. The molecule has 0 unspecified atom stereocenters. The molecule has 0 aliphatic rings. The Morgan fingerprint density at radius 1 is 1.03 bits per heavy atom. The number of aryl methyl sites for hydroxylation is 1. The van der Waals surface area contributed by atoms with Gasteiger partial charge in [-0.1, -0.05) is 71.4 Å². The molecular formula is C25H20Cl2F3N5OS. The molecule has 6 nitrogen and oxygen atoms in total. The molecule has 3 aromatic carbocycles. The van der Waals surface area contributed by atoms with E-state index in [1.54, 1.807) is 22.8 Å². The fourth-order valence-corrected chi connectivity index (χ4v) is 5.03. The van der Waals surface area contributed by atoms with Crippen LogP contribution in [0.3, 0.4) is 0 Å². The highest BCUT2D eigenvalue weighted by molar-refractivity contribution is 7.98. The zero-order valence-corrected chi connectivity index (χ0v) is 21.6. The van der Waals surface area contributed by atoms with Crippen LogP contribution in [0.1, 0.15) is 22.5 Å². The molecule has 0 radical (unpaired) electrons. The predicted molar refractivity (Wildman–Crippen MR) is 139 cm³/mol. The number of carbonyl (C=O) groups is 1. The number of nitrogens with one attached hydrogen (secondary N) is 2. The molecule has 0 aliphatic carbocycles. The van der Waals surface area contributed by atoms with E-state index in [1.165, 1.54) is 30.0 Å². The zero-order chi connectivity index (χ0) is 26.6. The largest absolute Gasteiger partial charge is 0.418 e. The second-order valence-corrected chi connectivity index (χ2v) is 9.68. The lowest BCUT2D eigenvalue weighted by Crippen LogP contribution is -2.30. The van der Waals surface area contributed by atoms with Crippen molar-refractivity contribution in [3.8, 4) is 5.69 Å². The third-order valence-electron chi connectivity index (χ3n) is 5.36. The molecule has 0 spiro atoms. The third-order valence-corrected chi connectivity index (χ3v) is 6.87. The van der Waals surface area contributed by atoms with Crippen molar-refractivity contribution in [2.75, 3.05) is 5.32 Å². The SMILES string of the molecule is Cc1ccccc1CSc1nnc(CNC(=O)Nc2ccccc2C(F)(F)F)n1-c1ccc(Cl)cc1Cl. The minimum absolute atomic E-state index is 0.128. The molecule has 0 fully saturated rings. The number of aromatic nitrogens is 3. The Labute approximate surface area is 225 Å². The summed E-state index contributed by atoms with van der Waals surface area (Å²) < 4.78 is 41.5. The van der Waals surface area contributed by atoms with Gasteiger partial charge in [-0.15, -0.1) is 10.2 Å². The van der Waals surface area contributed by atoms with Gasteiger partial charge in [-0.2, -0.15) is 13.2 Å². The Balaban J connectivity index is 1.57. The van der Waals surface area contributed by atoms with Crippen molar-refractivity contribution < 1.29 is 18.0 Å². The number of para-hydroxylation sites is 1. The first-order valence-electron chi connectivity index (χ1n) is 10.9. The number of hydrogen-bond donors (Lipinski definition) is 2. The van der Waals surface area contributed by atoms with Gasteiger partial charge in [0.25, 0.3) is 0 Å². The van der Waals surface area contributed by atoms with Crippen molar-refractivity contribution in [3.63, 3.8) is 0 Å². The molecule has 2 amide bonds. The number of halogens is 5. The minimum Gasteiger partial charge on any atom is -0.331 e. The Bertz CT molecular complexity index is 1430. The van der Waals surface area contributed by atoms with Gasteiger partial charge in [-0.3, -0.25) is 4.57 Å². The molecule has 2 N–H and O–H groups in total. The fourth-order valence-electron chi connectivity index (χ4n) is 3.49. The van der Waals surface area contributed by atoms with Crippen molar-refractivity contribution in [2.24, 2.45) is 0 Å². The van der Waals surface area contributed by atoms with E-state index >= 15 is 0 Å². The van der Waals surface area contributed by atoms with Gasteiger partial charge in [0.05, 0.1) is 28.5 Å². The summed E-state index contributed by atoms with van der Waals surface area (Å²) in [7, 11) is 0. The number of nitrogens with zero attached hydrogens (tertiary/aromatic N) is 3. The van der Waals surface area contributed by atoms with Crippen LogP contribution in [0.2, 0.25) is 10.0 Å². The van der Waals surface area contributed by atoms with Crippen LogP contribution in [0.5, 0.6) is 0 Å². The van der Waals surface area contributed by atoms with Crippen LogP contribution in [0.25, 0.3) is 5.69 Å². The van der Waals surface area contributed by atoms with E-state index < -0.39 is 17.8 Å². The molecule has 1 heterocycles. The molecular weight excluding hydrogens is 546 g/mol. The molecule has 0 saturated carbocycles. The highest BCUT2D eigenvalue weighted by Gasteiger charge is 2.33. The first-order chi connectivity index (χ1) is 17.6. The van der Waals surface area contributed by atoms with E-state index in [1.807, 2.05) is 31.2 Å². The normalized spacial score (nSPS) is 11.4. The number of rotatable bonds is 7. The average molecular weight is 566 g/mol. The fraction of sp³-hybridized carbons (Fsp3) is 0.160. The van der Waals surface area contributed by atoms with E-state index in [-0.39, 0.29) is 12.2 Å². The quantitative estimate of drug-likeness (QED) is 0.227. The number of thioether (sulfide) groups is 1. The van der Waals surface area contributed by atoms with Gasteiger partial charge in [-0.25, -0.2) is 4.79 Å². The standard InChI is InChI=1S/C25H20Cl2F3N5OS/c1-15-6-2-3-7-16(15)14-37-24-34-33-22(35(24)21-11-10-17(26)12-19(21)27)13-31-23(36)32-20-9-5-4-8-18(20)25(28,29)30/h2-12H,13-14H2,1H3,(H2,31,32,36). The molecule has 4 aromatic rings. The monoisotopic (exact) mass is 565 g/mol. The number of amides is 2. The van der Waals surface area contributed by atoms with E-state index in [4.69, 9.17) is 23.2 Å². The van der Waals surface area contributed by atoms with Crippen molar-refractivity contribution >= 4 is 46.7 Å². The predicted octanol–water partition coefficient (Wildman–Crippen LogP) is 7.52. The van der Waals surface area contributed by atoms with Crippen LogP contribution in [0.15, 0.2) is 71.9 Å². The lowest BCUT2D eigenvalue weighted by Gasteiger charge is -2.15. The van der Waals surface area contributed by atoms with E-state index in [0.29, 0.717) is 32.5 Å². The maximum atomic E-state index is 13.3. The van der Waals surface area contributed by atoms with Crippen LogP contribution >= 0.6 is 35.0 Å². The van der Waals surface area contributed by atoms with Crippen LogP contribution in [-0.2, 0) is 18.5 Å². The Morgan fingerprint density at radius 2 is 1.76 bits per heavy atom. The Hall–Kier alpha value is -3.21. The van der Waals surface area contributed by atoms with Crippen molar-refractivity contribution in [2.45, 2.75) is 30.6 Å². The highest BCUT2D eigenvalue weighted by Crippen LogP contribution is 2.35. The molecule has 1 aromatic heterocycles. The maximum absolute atomic E-state index is 13.3. The number of alkyl halides is 3. The van der Waals surface area contributed by atoms with Crippen LogP contribution in [0.4, 0.5) is 23.7 Å². The summed E-state index contributed by atoms with van der Waals surface area (Å²) >= 11 is 14.0. The second kappa shape index (κ2) is 11.5. The van der Waals surface area contributed by atoms with Crippen molar-refractivity contribution in [1.29, 1.82) is 0 Å². The summed E-state index contributed by atoms with van der Waals surface area (Å²) in [6.07, 6.45) is -4.61. The third kappa shape index (κ3) is 6.57. The van der Waals surface area contributed by atoms with Crippen LogP contribution in [0, 0.1) is 6.92 Å². The van der Waals surface area contributed by atoms with Gasteiger partial charge in [-0.05, 0) is 48.4 Å². The van der Waals surface area contributed by atoms with E-state index in [9.17, 15) is 18.0 Å². The van der Waals surface area contributed by atoms with Gasteiger partial charge in [0.15, 0.2) is 11.0 Å². The van der Waals surface area contributed by atoms with Crippen molar-refractivity contribution in [1.82, 2.24) is 20.1 Å². The summed E-state index contributed by atoms with van der Waals surface area (Å²) in [4.78, 5) is 12.5. The number of anilines is 1. The smallest absolute Gasteiger partial charge is 0.331 e. The summed E-state index contributed by atoms with van der Waals surface area (Å²) in [6.45, 7) is 1.89. The summed E-state index contributed by atoms with van der Waals surface area (Å²) in [6, 6.07) is 16.8. The molecule has 12 heteroatoms. The van der Waals surface area contributed by atoms with Gasteiger partial charge in [0.1, 0.15) is 0 Å². The summed E-state index contributed by atoms with van der Waals surface area (Å²) in [5, 5.41) is 14.6. The van der Waals surface area contributed by atoms with Gasteiger partial charge >= 0.3 is 12.2 Å². The molecule has 4 rings (SSSR count). The first-order valence-corrected chi connectivity index (χ1v) is 12.7. The highest BCUT2D eigenvalue weighted by atomic mass is 35.5. The Morgan fingerprint density at radius 3 is 2.49 bits per heavy atom. The number of hydrogen-bond acceptors (Lipinski definition) is 4. The first kappa shape index (κ1) is 26.8. The van der Waals surface area contributed by atoms with Crippen LogP contribution < -0.4 is 10.6 Å². The van der Waals surface area contributed by atoms with Gasteiger partial charge in [0.2, 0.25) is 0 Å². The molecule has 37 heavy (non-hydrogen) atoms. The molecule has 0 saturated heterocycles. The molecule has 0 aliphatic heterocycles. The molecule has 0 bridgehead atoms. The lowest BCUT2D eigenvalue weighted by molar-refractivity contribution is -0.136. The molecule has 192 valence electrons. The summed E-state index contributed by atoms with van der Waals surface area (Å²) in [5.41, 5.74) is 1.48. The minimum atomic E-state index is -4.61. The Kier molecular flexibility index (Phi) is 8.31. The lowest BCUT2D eigenvalue weighted by atomic mass is 10.1. The number of benzene rings is 3. The van der Waals surface area contributed by atoms with Crippen LogP contribution in [-0.4, -0.2) is 20.8 Å². The summed E-state index contributed by atoms with van der Waals surface area (Å²) in [5.74, 6) is 0.939.